The van der Waals surface area contributed by atoms with E-state index in [1.165, 1.54) is 5.56 Å². The van der Waals surface area contributed by atoms with Crippen molar-refractivity contribution in [2.45, 2.75) is 20.3 Å². The molecule has 0 unspecified atom stereocenters. The zero-order valence-electron chi connectivity index (χ0n) is 10.8. The summed E-state index contributed by atoms with van der Waals surface area (Å²) in [5.74, 6) is 0.944. The Kier molecular flexibility index (Phi) is 4.12. The van der Waals surface area contributed by atoms with Gasteiger partial charge in [-0.2, -0.15) is 0 Å². The number of hydrogen-bond acceptors (Lipinski definition) is 4. The van der Waals surface area contributed by atoms with Crippen LogP contribution in [-0.4, -0.2) is 16.3 Å². The molecule has 1 N–H and O–H groups in total. The van der Waals surface area contributed by atoms with Crippen LogP contribution in [0.3, 0.4) is 0 Å². The summed E-state index contributed by atoms with van der Waals surface area (Å²) in [6.07, 6.45) is 1.64. The molecule has 0 radical (unpaired) electrons. The van der Waals surface area contributed by atoms with Gasteiger partial charge in [-0.3, -0.25) is 4.79 Å². The Morgan fingerprint density at radius 1 is 1.26 bits per heavy atom. The topological polar surface area (TPSA) is 54.9 Å². The highest BCUT2D eigenvalue weighted by molar-refractivity contribution is 6.32. The Morgan fingerprint density at radius 2 is 1.95 bits per heavy atom. The summed E-state index contributed by atoms with van der Waals surface area (Å²) in [5.41, 5.74) is 2.37. The fourth-order valence-electron chi connectivity index (χ4n) is 1.71. The maximum atomic E-state index is 11.0. The molecule has 0 bridgehead atoms. The molecule has 1 aromatic carbocycles. The SMILES string of the molecule is CCc1ccc(Nc2nc(C)nc(Cl)c2C=O)cc1. The standard InChI is InChI=1S/C14H14ClN3O/c1-3-10-4-6-11(7-5-10)18-14-12(8-19)13(15)16-9(2)17-14/h4-8H,3H2,1-2H3,(H,16,17,18). The van der Waals surface area contributed by atoms with E-state index < -0.39 is 0 Å². The van der Waals surface area contributed by atoms with Crippen LogP contribution in [0.25, 0.3) is 0 Å². The highest BCUT2D eigenvalue weighted by atomic mass is 35.5. The van der Waals surface area contributed by atoms with Crippen LogP contribution in [0.5, 0.6) is 0 Å². The molecule has 0 aliphatic heterocycles. The molecule has 98 valence electrons. The van der Waals surface area contributed by atoms with Gasteiger partial charge in [0.05, 0.1) is 5.56 Å². The smallest absolute Gasteiger partial charge is 0.156 e. The zero-order valence-corrected chi connectivity index (χ0v) is 11.5. The first-order chi connectivity index (χ1) is 9.13. The van der Waals surface area contributed by atoms with Crippen LogP contribution in [0.1, 0.15) is 28.7 Å². The largest absolute Gasteiger partial charge is 0.339 e. The number of aryl methyl sites for hydroxylation is 2. The first kappa shape index (κ1) is 13.5. The highest BCUT2D eigenvalue weighted by Crippen LogP contribution is 2.23. The van der Waals surface area contributed by atoms with Crippen molar-refractivity contribution >= 4 is 29.4 Å². The molecule has 1 aromatic heterocycles. The lowest BCUT2D eigenvalue weighted by Crippen LogP contribution is -2.03. The number of benzene rings is 1. The Hall–Kier alpha value is -1.94. The number of aldehydes is 1. The van der Waals surface area contributed by atoms with Crippen molar-refractivity contribution < 1.29 is 4.79 Å². The van der Waals surface area contributed by atoms with Crippen LogP contribution in [0, 0.1) is 6.92 Å². The zero-order chi connectivity index (χ0) is 13.8. The van der Waals surface area contributed by atoms with Crippen molar-refractivity contribution in [1.29, 1.82) is 0 Å². The molecule has 1 heterocycles. The first-order valence-electron chi connectivity index (χ1n) is 5.99. The number of anilines is 2. The Bertz CT molecular complexity index is 596. The Labute approximate surface area is 116 Å². The molecule has 0 saturated heterocycles. The molecule has 0 aliphatic rings. The van der Waals surface area contributed by atoms with Crippen LogP contribution in [0.2, 0.25) is 5.15 Å². The number of nitrogens with zero attached hydrogens (tertiary/aromatic N) is 2. The maximum Gasteiger partial charge on any atom is 0.156 e. The third kappa shape index (κ3) is 3.09. The van der Waals surface area contributed by atoms with Gasteiger partial charge >= 0.3 is 0 Å². The van der Waals surface area contributed by atoms with E-state index >= 15 is 0 Å². The fourth-order valence-corrected chi connectivity index (χ4v) is 1.96. The minimum Gasteiger partial charge on any atom is -0.339 e. The van der Waals surface area contributed by atoms with Gasteiger partial charge in [-0.25, -0.2) is 9.97 Å². The molecule has 5 heteroatoms. The average Bonchev–Trinajstić information content (AvgIpc) is 2.39. The summed E-state index contributed by atoms with van der Waals surface area (Å²) in [6.45, 7) is 3.83. The van der Waals surface area contributed by atoms with Crippen LogP contribution >= 0.6 is 11.6 Å². The quantitative estimate of drug-likeness (QED) is 0.685. The third-order valence-corrected chi connectivity index (χ3v) is 3.04. The number of carbonyl (C=O) groups is 1. The van der Waals surface area contributed by atoms with Crippen molar-refractivity contribution in [1.82, 2.24) is 9.97 Å². The molecule has 0 saturated carbocycles. The van der Waals surface area contributed by atoms with Crippen molar-refractivity contribution in [3.8, 4) is 0 Å². The Morgan fingerprint density at radius 3 is 2.53 bits per heavy atom. The molecule has 4 nitrogen and oxygen atoms in total. The number of aromatic nitrogens is 2. The Balaban J connectivity index is 2.34. The van der Waals surface area contributed by atoms with E-state index in [0.29, 0.717) is 17.9 Å². The van der Waals surface area contributed by atoms with Gasteiger partial charge in [0, 0.05) is 5.69 Å². The second kappa shape index (κ2) is 5.80. The molecule has 0 amide bonds. The van der Waals surface area contributed by atoms with E-state index in [2.05, 4.69) is 22.2 Å². The molecule has 0 spiro atoms. The van der Waals surface area contributed by atoms with Gasteiger partial charge in [-0.15, -0.1) is 0 Å². The predicted molar refractivity (Wildman–Crippen MR) is 76.3 cm³/mol. The number of hydrogen-bond donors (Lipinski definition) is 1. The van der Waals surface area contributed by atoms with Gasteiger partial charge in [0.1, 0.15) is 16.8 Å². The van der Waals surface area contributed by atoms with E-state index in [-0.39, 0.29) is 10.7 Å². The lowest BCUT2D eigenvalue weighted by atomic mass is 10.1. The normalized spacial score (nSPS) is 10.3. The number of carbonyl (C=O) groups excluding carboxylic acids is 1. The maximum absolute atomic E-state index is 11.0. The minimum atomic E-state index is 0.162. The van der Waals surface area contributed by atoms with Crippen LogP contribution in [0.15, 0.2) is 24.3 Å². The number of nitrogens with one attached hydrogen (secondary N) is 1. The monoisotopic (exact) mass is 275 g/mol. The molecule has 19 heavy (non-hydrogen) atoms. The molecule has 0 atom stereocenters. The molecule has 0 aliphatic carbocycles. The van der Waals surface area contributed by atoms with Crippen LogP contribution in [0.4, 0.5) is 11.5 Å². The second-order valence-corrected chi connectivity index (χ2v) is 4.48. The predicted octanol–water partition coefficient (Wildman–Crippen LogP) is 3.56. The summed E-state index contributed by atoms with van der Waals surface area (Å²) in [4.78, 5) is 19.2. The first-order valence-corrected chi connectivity index (χ1v) is 6.37. The molecule has 2 aromatic rings. The molecular weight excluding hydrogens is 262 g/mol. The second-order valence-electron chi connectivity index (χ2n) is 4.12. The fraction of sp³-hybridized carbons (Fsp3) is 0.214. The lowest BCUT2D eigenvalue weighted by Gasteiger charge is -2.10. The van der Waals surface area contributed by atoms with Crippen LogP contribution in [-0.2, 0) is 6.42 Å². The summed E-state index contributed by atoms with van der Waals surface area (Å²) < 4.78 is 0. The summed E-state index contributed by atoms with van der Waals surface area (Å²) in [5, 5.41) is 3.25. The van der Waals surface area contributed by atoms with Gasteiger partial charge in [0.15, 0.2) is 6.29 Å². The van der Waals surface area contributed by atoms with E-state index in [4.69, 9.17) is 11.6 Å². The summed E-state index contributed by atoms with van der Waals surface area (Å²) >= 11 is 5.93. The van der Waals surface area contributed by atoms with Gasteiger partial charge in [-0.05, 0) is 31.0 Å². The van der Waals surface area contributed by atoms with E-state index in [0.717, 1.165) is 12.1 Å². The molecule has 2 rings (SSSR count). The third-order valence-electron chi connectivity index (χ3n) is 2.75. The minimum absolute atomic E-state index is 0.162. The van der Waals surface area contributed by atoms with Crippen molar-refractivity contribution in [3.63, 3.8) is 0 Å². The van der Waals surface area contributed by atoms with E-state index in [9.17, 15) is 4.79 Å². The van der Waals surface area contributed by atoms with Crippen molar-refractivity contribution in [2.24, 2.45) is 0 Å². The molecular formula is C14H14ClN3O. The highest BCUT2D eigenvalue weighted by Gasteiger charge is 2.11. The lowest BCUT2D eigenvalue weighted by molar-refractivity contribution is 0.112. The van der Waals surface area contributed by atoms with Gasteiger partial charge in [0.25, 0.3) is 0 Å². The van der Waals surface area contributed by atoms with Gasteiger partial charge < -0.3 is 5.32 Å². The van der Waals surface area contributed by atoms with E-state index in [1.54, 1.807) is 6.92 Å². The average molecular weight is 276 g/mol. The van der Waals surface area contributed by atoms with Crippen molar-refractivity contribution in [2.75, 3.05) is 5.32 Å². The molecule has 0 fully saturated rings. The van der Waals surface area contributed by atoms with Gasteiger partial charge in [0.2, 0.25) is 0 Å². The number of rotatable bonds is 4. The summed E-state index contributed by atoms with van der Waals surface area (Å²) in [6, 6.07) is 7.94. The number of halogens is 1. The van der Waals surface area contributed by atoms with Crippen molar-refractivity contribution in [3.05, 3.63) is 46.4 Å². The summed E-state index contributed by atoms with van der Waals surface area (Å²) in [7, 11) is 0. The van der Waals surface area contributed by atoms with Gasteiger partial charge in [-0.1, -0.05) is 30.7 Å². The van der Waals surface area contributed by atoms with Crippen LogP contribution < -0.4 is 5.32 Å². The van der Waals surface area contributed by atoms with E-state index in [1.807, 2.05) is 24.3 Å².